The van der Waals surface area contributed by atoms with Crippen LogP contribution in [-0.2, 0) is 0 Å². The summed E-state index contributed by atoms with van der Waals surface area (Å²) in [6.07, 6.45) is 1.04. The van der Waals surface area contributed by atoms with Crippen LogP contribution in [-0.4, -0.2) is 0 Å². The van der Waals surface area contributed by atoms with Gasteiger partial charge >= 0.3 is 0 Å². The Kier molecular flexibility index (Phi) is 2.26. The molecule has 0 atom stereocenters. The van der Waals surface area contributed by atoms with Gasteiger partial charge in [0.1, 0.15) is 11.1 Å². The molecule has 0 fully saturated rings. The zero-order valence-corrected chi connectivity index (χ0v) is 3.74. The third-order valence-corrected chi connectivity index (χ3v) is 0.464. The molecule has 0 amide bonds. The van der Waals surface area contributed by atoms with Crippen LogP contribution in [0.3, 0.4) is 0 Å². The molecule has 32 valence electrons. The highest BCUT2D eigenvalue weighted by atomic mass is 35.5. The van der Waals surface area contributed by atoms with Crippen molar-refractivity contribution in [1.29, 1.82) is 5.26 Å². The maximum Gasteiger partial charge on any atom is 0.133 e. The normalized spacial score (nSPS) is 10.3. The highest BCUT2D eigenvalue weighted by molar-refractivity contribution is 6.31. The number of hydrogen-bond donors (Lipinski definition) is 1. The number of nitriles is 1. The first-order chi connectivity index (χ1) is 2.81. The van der Waals surface area contributed by atoms with E-state index in [1.54, 1.807) is 6.07 Å². The summed E-state index contributed by atoms with van der Waals surface area (Å²) in [6.45, 7) is 0. The lowest BCUT2D eigenvalue weighted by molar-refractivity contribution is 1.50. The Morgan fingerprint density at radius 1 is 2.00 bits per heavy atom. The number of halogens is 1. The van der Waals surface area contributed by atoms with Crippen LogP contribution in [0.2, 0.25) is 0 Å². The Bertz CT molecular complexity index is 99.9. The molecule has 0 radical (unpaired) electrons. The van der Waals surface area contributed by atoms with E-state index in [4.69, 9.17) is 22.6 Å². The Labute approximate surface area is 40.8 Å². The number of nitrogens with two attached hydrogens (primary N) is 1. The lowest BCUT2D eigenvalue weighted by Crippen LogP contribution is -1.76. The fourth-order valence-corrected chi connectivity index (χ4v) is 0.0373. The zero-order chi connectivity index (χ0) is 4.99. The highest BCUT2D eigenvalue weighted by Gasteiger charge is 1.76. The minimum absolute atomic E-state index is 0.0231. The minimum atomic E-state index is 0.0231. The van der Waals surface area contributed by atoms with Crippen molar-refractivity contribution >= 4 is 11.6 Å². The average molecular weight is 103 g/mol. The molecule has 0 aliphatic heterocycles. The van der Waals surface area contributed by atoms with Crippen molar-refractivity contribution < 1.29 is 0 Å². The number of hydrogen-bond acceptors (Lipinski definition) is 2. The molecule has 6 heavy (non-hydrogen) atoms. The van der Waals surface area contributed by atoms with Gasteiger partial charge in [0.2, 0.25) is 0 Å². The lowest BCUT2D eigenvalue weighted by Gasteiger charge is -1.68. The van der Waals surface area contributed by atoms with Crippen molar-refractivity contribution in [2.75, 3.05) is 0 Å². The van der Waals surface area contributed by atoms with Gasteiger partial charge in [-0.1, -0.05) is 11.6 Å². The molecule has 0 bridgehead atoms. The fraction of sp³-hybridized carbons (Fsp3) is 0. The van der Waals surface area contributed by atoms with Crippen LogP contribution in [0.15, 0.2) is 11.2 Å². The van der Waals surface area contributed by atoms with Gasteiger partial charge < -0.3 is 5.73 Å². The van der Waals surface area contributed by atoms with Crippen LogP contribution >= 0.6 is 11.6 Å². The first-order valence-electron chi connectivity index (χ1n) is 1.28. The summed E-state index contributed by atoms with van der Waals surface area (Å²) in [6, 6.07) is 1.62. The van der Waals surface area contributed by atoms with Gasteiger partial charge in [0.05, 0.1) is 0 Å². The number of rotatable bonds is 0. The molecule has 0 saturated heterocycles. The molecule has 0 heterocycles. The van der Waals surface area contributed by atoms with E-state index in [0.29, 0.717) is 0 Å². The van der Waals surface area contributed by atoms with E-state index in [1.807, 2.05) is 0 Å². The van der Waals surface area contributed by atoms with Crippen molar-refractivity contribution in [1.82, 2.24) is 0 Å². The predicted molar refractivity (Wildman–Crippen MR) is 23.7 cm³/mol. The Hall–Kier alpha value is -0.680. The van der Waals surface area contributed by atoms with Crippen LogP contribution in [0.5, 0.6) is 0 Å². The van der Waals surface area contributed by atoms with E-state index in [1.165, 1.54) is 0 Å². The first kappa shape index (κ1) is 5.32. The van der Waals surface area contributed by atoms with Gasteiger partial charge in [-0.3, -0.25) is 0 Å². The van der Waals surface area contributed by atoms with Crippen molar-refractivity contribution in [2.45, 2.75) is 0 Å². The molecule has 0 aliphatic rings. The van der Waals surface area contributed by atoms with Crippen molar-refractivity contribution in [3.05, 3.63) is 11.2 Å². The summed E-state index contributed by atoms with van der Waals surface area (Å²) in [5.41, 5.74) is 4.77. The molecule has 0 rings (SSSR count). The van der Waals surface area contributed by atoms with Crippen molar-refractivity contribution in [2.24, 2.45) is 5.73 Å². The molecule has 2 nitrogen and oxygen atoms in total. The van der Waals surface area contributed by atoms with E-state index in [9.17, 15) is 0 Å². The van der Waals surface area contributed by atoms with Gasteiger partial charge in [-0.05, 0) is 0 Å². The van der Waals surface area contributed by atoms with Crippen LogP contribution in [0.1, 0.15) is 0 Å². The van der Waals surface area contributed by atoms with Gasteiger partial charge in [-0.15, -0.1) is 0 Å². The molecular formula is C3H3ClN2. The molecule has 0 aliphatic carbocycles. The molecule has 2 N–H and O–H groups in total. The topological polar surface area (TPSA) is 49.8 Å². The largest absolute Gasteiger partial charge is 0.403 e. The van der Waals surface area contributed by atoms with Crippen molar-refractivity contribution in [3.8, 4) is 6.07 Å². The Morgan fingerprint density at radius 3 is 2.50 bits per heavy atom. The molecule has 0 aromatic rings. The average Bonchev–Trinajstić information content (AvgIpc) is 1.65. The molecule has 0 aromatic carbocycles. The quantitative estimate of drug-likeness (QED) is 0.454. The minimum Gasteiger partial charge on any atom is -0.403 e. The molecule has 0 aromatic heterocycles. The van der Waals surface area contributed by atoms with Gasteiger partial charge in [-0.25, -0.2) is 0 Å². The van der Waals surface area contributed by atoms with Gasteiger partial charge in [0.25, 0.3) is 0 Å². The molecule has 3 heteroatoms. The molecular weight excluding hydrogens is 99.5 g/mol. The molecule has 0 unspecified atom stereocenters. The summed E-state index contributed by atoms with van der Waals surface area (Å²) in [7, 11) is 0. The van der Waals surface area contributed by atoms with E-state index in [-0.39, 0.29) is 5.03 Å². The molecule has 0 spiro atoms. The smallest absolute Gasteiger partial charge is 0.133 e. The van der Waals surface area contributed by atoms with E-state index in [0.717, 1.165) is 6.20 Å². The van der Waals surface area contributed by atoms with E-state index >= 15 is 0 Å². The second-order valence-electron chi connectivity index (χ2n) is 0.626. The van der Waals surface area contributed by atoms with Gasteiger partial charge in [0.15, 0.2) is 0 Å². The second-order valence-corrected chi connectivity index (χ2v) is 1.03. The van der Waals surface area contributed by atoms with Crippen LogP contribution < -0.4 is 5.73 Å². The van der Waals surface area contributed by atoms with Crippen LogP contribution in [0, 0.1) is 11.3 Å². The number of allylic oxidation sites excluding steroid dienone is 1. The van der Waals surface area contributed by atoms with Gasteiger partial charge in [-0.2, -0.15) is 5.26 Å². The maximum atomic E-state index is 7.80. The fourth-order valence-electron chi connectivity index (χ4n) is 0.0373. The lowest BCUT2D eigenvalue weighted by atomic mass is 10.7. The number of nitrogens with zero attached hydrogens (tertiary/aromatic N) is 1. The van der Waals surface area contributed by atoms with E-state index in [2.05, 4.69) is 0 Å². The first-order valence-corrected chi connectivity index (χ1v) is 1.66. The van der Waals surface area contributed by atoms with Crippen LogP contribution in [0.4, 0.5) is 0 Å². The Morgan fingerprint density at radius 2 is 2.50 bits per heavy atom. The SMILES string of the molecule is N#C/C(Cl)=C/N. The van der Waals surface area contributed by atoms with Gasteiger partial charge in [0, 0.05) is 6.20 Å². The third-order valence-electron chi connectivity index (χ3n) is 0.253. The second kappa shape index (κ2) is 2.55. The standard InChI is InChI=1S/C3H3ClN2/c4-3(1-5)2-6/h1H,5H2/b3-1-. The highest BCUT2D eigenvalue weighted by Crippen LogP contribution is 1.91. The monoisotopic (exact) mass is 102 g/mol. The summed E-state index contributed by atoms with van der Waals surface area (Å²) < 4.78 is 0. The zero-order valence-electron chi connectivity index (χ0n) is 2.98. The summed E-state index contributed by atoms with van der Waals surface area (Å²) >= 11 is 5.02. The van der Waals surface area contributed by atoms with Crippen molar-refractivity contribution in [3.63, 3.8) is 0 Å². The Balaban J connectivity index is 3.61. The van der Waals surface area contributed by atoms with Crippen LogP contribution in [0.25, 0.3) is 0 Å². The summed E-state index contributed by atoms with van der Waals surface area (Å²) in [4.78, 5) is 0. The maximum absolute atomic E-state index is 7.80. The summed E-state index contributed by atoms with van der Waals surface area (Å²) in [5, 5.41) is 7.83. The van der Waals surface area contributed by atoms with E-state index < -0.39 is 0 Å². The molecule has 0 saturated carbocycles. The summed E-state index contributed by atoms with van der Waals surface area (Å²) in [5.74, 6) is 0. The predicted octanol–water partition coefficient (Wildman–Crippen LogP) is 0.549. The third kappa shape index (κ3) is 1.62.